The van der Waals surface area contributed by atoms with Crippen molar-refractivity contribution in [3.05, 3.63) is 45.0 Å². The third-order valence-corrected chi connectivity index (χ3v) is 3.25. The Morgan fingerprint density at radius 3 is 2.74 bits per heavy atom. The first kappa shape index (κ1) is 13.6. The average molecular weight is 345 g/mol. The number of hydrogen-bond acceptors (Lipinski definition) is 3. The summed E-state index contributed by atoms with van der Waals surface area (Å²) in [5, 5.41) is 17.8. The number of carbonyl (C=O) groups excluding carboxylic acids is 1. The lowest BCUT2D eigenvalue weighted by atomic mass is 10.2. The number of nitrogens with zero attached hydrogens (tertiary/aromatic N) is 1. The van der Waals surface area contributed by atoms with Crippen molar-refractivity contribution in [3.63, 3.8) is 0 Å². The van der Waals surface area contributed by atoms with Crippen molar-refractivity contribution in [2.45, 2.75) is 0 Å². The first-order valence-corrected chi connectivity index (χ1v) is 6.20. The number of hydrogen-bond donors (Lipinski definition) is 3. The predicted molar refractivity (Wildman–Crippen MR) is 72.7 cm³/mol. The summed E-state index contributed by atoms with van der Waals surface area (Å²) in [7, 11) is 0. The minimum atomic E-state index is -1.18. The van der Waals surface area contributed by atoms with Gasteiger partial charge in [-0.2, -0.15) is 5.10 Å². The molecule has 0 bridgehead atoms. The molecular weight excluding hydrogens is 337 g/mol. The molecule has 3 N–H and O–H groups in total. The summed E-state index contributed by atoms with van der Waals surface area (Å²) in [6, 6.07) is 6.36. The summed E-state index contributed by atoms with van der Waals surface area (Å²) >= 11 is 8.83. The number of aromatic amines is 1. The van der Waals surface area contributed by atoms with Crippen molar-refractivity contribution in [2.24, 2.45) is 0 Å². The highest BCUT2D eigenvalue weighted by atomic mass is 79.9. The number of carboxylic acid groups (broad SMARTS) is 1. The second kappa shape index (κ2) is 5.41. The second-order valence-corrected chi connectivity index (χ2v) is 4.76. The monoisotopic (exact) mass is 343 g/mol. The molecule has 0 spiro atoms. The van der Waals surface area contributed by atoms with Crippen LogP contribution < -0.4 is 5.32 Å². The van der Waals surface area contributed by atoms with Crippen LogP contribution in [-0.2, 0) is 0 Å². The SMILES string of the molecule is O=C(Nc1n[nH]c(C(=O)O)c1Br)c1cccc(Cl)c1. The van der Waals surface area contributed by atoms with E-state index >= 15 is 0 Å². The van der Waals surface area contributed by atoms with E-state index < -0.39 is 11.9 Å². The first-order valence-electron chi connectivity index (χ1n) is 5.03. The third-order valence-electron chi connectivity index (χ3n) is 2.24. The van der Waals surface area contributed by atoms with Gasteiger partial charge in [0.15, 0.2) is 11.5 Å². The van der Waals surface area contributed by atoms with Gasteiger partial charge in [0.25, 0.3) is 5.91 Å². The van der Waals surface area contributed by atoms with Crippen LogP contribution in [0.1, 0.15) is 20.8 Å². The molecule has 0 unspecified atom stereocenters. The Hall–Kier alpha value is -1.86. The highest BCUT2D eigenvalue weighted by Crippen LogP contribution is 2.24. The number of aromatic carboxylic acids is 1. The Labute approximate surface area is 120 Å². The third kappa shape index (κ3) is 2.94. The Morgan fingerprint density at radius 2 is 2.16 bits per heavy atom. The van der Waals surface area contributed by atoms with Crippen molar-refractivity contribution in [3.8, 4) is 0 Å². The summed E-state index contributed by atoms with van der Waals surface area (Å²) in [5.74, 6) is -1.52. The molecule has 1 amide bonds. The van der Waals surface area contributed by atoms with Crippen molar-refractivity contribution >= 4 is 45.2 Å². The van der Waals surface area contributed by atoms with Gasteiger partial charge < -0.3 is 10.4 Å². The molecule has 0 aliphatic carbocycles. The van der Waals surface area contributed by atoms with E-state index in [1.807, 2.05) is 0 Å². The number of carboxylic acids is 1. The van der Waals surface area contributed by atoms with Crippen LogP contribution in [0.3, 0.4) is 0 Å². The number of amides is 1. The number of halogens is 2. The van der Waals surface area contributed by atoms with Crippen molar-refractivity contribution in [1.82, 2.24) is 10.2 Å². The lowest BCUT2D eigenvalue weighted by molar-refractivity contribution is 0.0689. The van der Waals surface area contributed by atoms with E-state index in [0.717, 1.165) is 0 Å². The van der Waals surface area contributed by atoms with Gasteiger partial charge in [-0.3, -0.25) is 9.89 Å². The first-order chi connectivity index (χ1) is 8.99. The Morgan fingerprint density at radius 1 is 1.42 bits per heavy atom. The zero-order valence-corrected chi connectivity index (χ0v) is 11.6. The average Bonchev–Trinajstić information content (AvgIpc) is 2.71. The molecule has 19 heavy (non-hydrogen) atoms. The van der Waals surface area contributed by atoms with Crippen LogP contribution in [0.25, 0.3) is 0 Å². The number of rotatable bonds is 3. The molecule has 2 rings (SSSR count). The topological polar surface area (TPSA) is 95.1 Å². The van der Waals surface area contributed by atoms with Crippen LogP contribution in [0.5, 0.6) is 0 Å². The normalized spacial score (nSPS) is 10.2. The molecule has 1 heterocycles. The molecule has 0 atom stereocenters. The number of aromatic nitrogens is 2. The van der Waals surface area contributed by atoms with Crippen molar-refractivity contribution in [1.29, 1.82) is 0 Å². The molecule has 0 saturated carbocycles. The van der Waals surface area contributed by atoms with Crippen LogP contribution in [0.2, 0.25) is 5.02 Å². The van der Waals surface area contributed by atoms with E-state index in [1.54, 1.807) is 18.2 Å². The number of benzene rings is 1. The Balaban J connectivity index is 2.22. The molecule has 1 aromatic heterocycles. The molecule has 0 aliphatic rings. The lowest BCUT2D eigenvalue weighted by Crippen LogP contribution is -2.12. The van der Waals surface area contributed by atoms with Crippen molar-refractivity contribution in [2.75, 3.05) is 5.32 Å². The van der Waals surface area contributed by atoms with E-state index in [0.29, 0.717) is 10.6 Å². The molecule has 6 nitrogen and oxygen atoms in total. The fourth-order valence-electron chi connectivity index (χ4n) is 1.36. The molecule has 0 radical (unpaired) electrons. The maximum Gasteiger partial charge on any atom is 0.355 e. The number of H-pyrrole nitrogens is 1. The maximum atomic E-state index is 11.9. The molecular formula is C11H7BrClN3O3. The van der Waals surface area contributed by atoms with Crippen LogP contribution in [0.4, 0.5) is 5.82 Å². The lowest BCUT2D eigenvalue weighted by Gasteiger charge is -2.02. The van der Waals surface area contributed by atoms with Gasteiger partial charge in [-0.05, 0) is 34.1 Å². The van der Waals surface area contributed by atoms with Gasteiger partial charge in [0.1, 0.15) is 0 Å². The number of nitrogens with one attached hydrogen (secondary N) is 2. The van der Waals surface area contributed by atoms with Crippen molar-refractivity contribution < 1.29 is 14.7 Å². The second-order valence-electron chi connectivity index (χ2n) is 3.53. The van der Waals surface area contributed by atoms with Gasteiger partial charge in [0.05, 0.1) is 4.47 Å². The molecule has 0 saturated heterocycles. The van der Waals surface area contributed by atoms with E-state index in [4.69, 9.17) is 16.7 Å². The maximum absolute atomic E-state index is 11.9. The summed E-state index contributed by atoms with van der Waals surface area (Å²) in [4.78, 5) is 22.7. The van der Waals surface area contributed by atoms with Gasteiger partial charge in [0, 0.05) is 10.6 Å². The zero-order valence-electron chi connectivity index (χ0n) is 9.28. The zero-order chi connectivity index (χ0) is 14.0. The van der Waals surface area contributed by atoms with Crippen LogP contribution in [0.15, 0.2) is 28.7 Å². The molecule has 2 aromatic rings. The molecule has 1 aromatic carbocycles. The minimum Gasteiger partial charge on any atom is -0.476 e. The fraction of sp³-hybridized carbons (Fsp3) is 0. The van der Waals surface area contributed by atoms with E-state index in [9.17, 15) is 9.59 Å². The van der Waals surface area contributed by atoms with Crippen LogP contribution in [-0.4, -0.2) is 27.2 Å². The summed E-state index contributed by atoms with van der Waals surface area (Å²) in [6.07, 6.45) is 0. The van der Waals surface area contributed by atoms with Gasteiger partial charge >= 0.3 is 5.97 Å². The molecule has 98 valence electrons. The van der Waals surface area contributed by atoms with Gasteiger partial charge in [-0.15, -0.1) is 0 Å². The fourth-order valence-corrected chi connectivity index (χ4v) is 2.00. The van der Waals surface area contributed by atoms with Gasteiger partial charge in [-0.1, -0.05) is 17.7 Å². The standard InChI is InChI=1S/C11H7BrClN3O3/c12-7-8(11(18)19)15-16-9(7)14-10(17)5-2-1-3-6(13)4-5/h1-4H,(H,18,19)(H2,14,15,16,17). The minimum absolute atomic E-state index is 0.0994. The van der Waals surface area contributed by atoms with Crippen LogP contribution in [0, 0.1) is 0 Å². The highest BCUT2D eigenvalue weighted by Gasteiger charge is 2.18. The van der Waals surface area contributed by atoms with E-state index in [-0.39, 0.29) is 16.0 Å². The summed E-state index contributed by atoms with van der Waals surface area (Å²) in [6.45, 7) is 0. The smallest absolute Gasteiger partial charge is 0.355 e. The molecule has 0 aliphatic heterocycles. The Bertz CT molecular complexity index is 656. The number of anilines is 1. The van der Waals surface area contributed by atoms with Crippen LogP contribution >= 0.6 is 27.5 Å². The van der Waals surface area contributed by atoms with E-state index in [2.05, 4.69) is 31.4 Å². The Kier molecular flexibility index (Phi) is 3.87. The van der Waals surface area contributed by atoms with Gasteiger partial charge in [-0.25, -0.2) is 4.79 Å². The summed E-state index contributed by atoms with van der Waals surface area (Å²) in [5.41, 5.74) is 0.209. The molecule has 8 heteroatoms. The number of carbonyl (C=O) groups is 2. The largest absolute Gasteiger partial charge is 0.476 e. The molecule has 0 fully saturated rings. The summed E-state index contributed by atoms with van der Waals surface area (Å²) < 4.78 is 0.176. The van der Waals surface area contributed by atoms with Gasteiger partial charge in [0.2, 0.25) is 0 Å². The van der Waals surface area contributed by atoms with E-state index in [1.165, 1.54) is 6.07 Å². The highest BCUT2D eigenvalue weighted by molar-refractivity contribution is 9.10. The quantitative estimate of drug-likeness (QED) is 0.798. The predicted octanol–water partition coefficient (Wildman–Crippen LogP) is 2.78.